The van der Waals surface area contributed by atoms with Gasteiger partial charge in [0, 0.05) is 25.7 Å². The van der Waals surface area contributed by atoms with Gasteiger partial charge in [-0.1, -0.05) is 0 Å². The monoisotopic (exact) mass is 199 g/mol. The van der Waals surface area contributed by atoms with Crippen molar-refractivity contribution in [1.29, 1.82) is 0 Å². The number of likely N-dealkylation sites (N-methyl/N-ethyl adjacent to an activating group) is 1. The van der Waals surface area contributed by atoms with Crippen LogP contribution >= 0.6 is 0 Å². The molecule has 0 bridgehead atoms. The van der Waals surface area contributed by atoms with E-state index in [9.17, 15) is 4.79 Å². The molecule has 4 nitrogen and oxygen atoms in total. The molecule has 0 aromatic carbocycles. The van der Waals surface area contributed by atoms with Crippen molar-refractivity contribution < 1.29 is 4.79 Å². The van der Waals surface area contributed by atoms with Gasteiger partial charge in [0.05, 0.1) is 0 Å². The summed E-state index contributed by atoms with van der Waals surface area (Å²) in [6.45, 7) is 4.54. The first-order valence-electron chi connectivity index (χ1n) is 5.34. The fraction of sp³-hybridized carbons (Fsp3) is 0.900. The molecule has 0 radical (unpaired) electrons. The molecule has 2 amide bonds. The molecule has 1 fully saturated rings. The molecule has 1 atom stereocenters. The lowest BCUT2D eigenvalue weighted by molar-refractivity contribution is 0.181. The van der Waals surface area contributed by atoms with E-state index in [4.69, 9.17) is 0 Å². The predicted molar refractivity (Wildman–Crippen MR) is 57.4 cm³/mol. The summed E-state index contributed by atoms with van der Waals surface area (Å²) in [5.41, 5.74) is 0. The summed E-state index contributed by atoms with van der Waals surface area (Å²) in [6.07, 6.45) is 2.27. The van der Waals surface area contributed by atoms with E-state index < -0.39 is 0 Å². The molecule has 0 spiro atoms. The van der Waals surface area contributed by atoms with Crippen LogP contribution in [0.1, 0.15) is 19.8 Å². The third kappa shape index (κ3) is 2.87. The number of hydrogen-bond acceptors (Lipinski definition) is 2. The Bertz CT molecular complexity index is 194. The number of carbonyl (C=O) groups excluding carboxylic acids is 1. The van der Waals surface area contributed by atoms with Crippen LogP contribution in [0.25, 0.3) is 0 Å². The Balaban J connectivity index is 2.46. The van der Waals surface area contributed by atoms with E-state index in [1.807, 2.05) is 25.9 Å². The zero-order chi connectivity index (χ0) is 10.6. The van der Waals surface area contributed by atoms with Crippen molar-refractivity contribution in [3.63, 3.8) is 0 Å². The van der Waals surface area contributed by atoms with E-state index in [-0.39, 0.29) is 6.03 Å². The predicted octanol–water partition coefficient (Wildman–Crippen LogP) is 0.742. The van der Waals surface area contributed by atoms with Gasteiger partial charge in [0.1, 0.15) is 0 Å². The second-order valence-electron chi connectivity index (χ2n) is 4.09. The van der Waals surface area contributed by atoms with Gasteiger partial charge in [-0.05, 0) is 33.9 Å². The Morgan fingerprint density at radius 1 is 1.57 bits per heavy atom. The highest BCUT2D eigenvalue weighted by Gasteiger charge is 2.28. The molecule has 0 aromatic rings. The van der Waals surface area contributed by atoms with Gasteiger partial charge in [0.15, 0.2) is 0 Å². The molecular formula is C10H21N3O. The third-order valence-corrected chi connectivity index (χ3v) is 2.54. The topological polar surface area (TPSA) is 35.6 Å². The molecule has 1 rings (SSSR count). The van der Waals surface area contributed by atoms with Crippen LogP contribution in [0.3, 0.4) is 0 Å². The van der Waals surface area contributed by atoms with Gasteiger partial charge in [-0.3, -0.25) is 0 Å². The van der Waals surface area contributed by atoms with E-state index in [1.165, 1.54) is 0 Å². The highest BCUT2D eigenvalue weighted by Crippen LogP contribution is 2.17. The molecule has 1 aliphatic heterocycles. The molecule has 82 valence electrons. The maximum absolute atomic E-state index is 11.6. The minimum absolute atomic E-state index is 0.0943. The quantitative estimate of drug-likeness (QED) is 0.727. The molecule has 4 heteroatoms. The Labute approximate surface area is 86.2 Å². The summed E-state index contributed by atoms with van der Waals surface area (Å²) in [5.74, 6) is 0. The first-order chi connectivity index (χ1) is 6.65. The average molecular weight is 199 g/mol. The Morgan fingerprint density at radius 3 is 2.86 bits per heavy atom. The Hall–Kier alpha value is -0.770. The second kappa shape index (κ2) is 5.20. The Kier molecular flexibility index (Phi) is 4.20. The number of nitrogens with zero attached hydrogens (tertiary/aromatic N) is 2. The van der Waals surface area contributed by atoms with Crippen LogP contribution in [0, 0.1) is 0 Å². The van der Waals surface area contributed by atoms with Crippen LogP contribution in [0.4, 0.5) is 4.79 Å². The molecule has 1 saturated heterocycles. The Morgan fingerprint density at radius 2 is 2.29 bits per heavy atom. The lowest BCUT2D eigenvalue weighted by Gasteiger charge is -2.27. The number of urea groups is 1. The molecule has 1 N–H and O–H groups in total. The van der Waals surface area contributed by atoms with Crippen molar-refractivity contribution >= 4 is 6.03 Å². The number of hydrogen-bond donors (Lipinski definition) is 1. The minimum Gasteiger partial charge on any atom is -0.338 e. The van der Waals surface area contributed by atoms with Gasteiger partial charge >= 0.3 is 6.03 Å². The highest BCUT2D eigenvalue weighted by atomic mass is 16.2. The zero-order valence-corrected chi connectivity index (χ0v) is 9.42. The van der Waals surface area contributed by atoms with Gasteiger partial charge in [-0.15, -0.1) is 0 Å². The van der Waals surface area contributed by atoms with E-state index in [0.717, 1.165) is 25.9 Å². The van der Waals surface area contributed by atoms with Crippen LogP contribution < -0.4 is 5.32 Å². The molecule has 0 aromatic heterocycles. The van der Waals surface area contributed by atoms with Crippen LogP contribution in [-0.4, -0.2) is 55.6 Å². The molecule has 1 unspecified atom stereocenters. The number of nitrogens with one attached hydrogen (secondary N) is 1. The fourth-order valence-electron chi connectivity index (χ4n) is 1.97. The number of amides is 2. The van der Waals surface area contributed by atoms with Crippen molar-refractivity contribution in [2.45, 2.75) is 25.8 Å². The summed E-state index contributed by atoms with van der Waals surface area (Å²) in [4.78, 5) is 15.7. The van der Waals surface area contributed by atoms with E-state index in [0.29, 0.717) is 12.6 Å². The second-order valence-corrected chi connectivity index (χ2v) is 4.09. The van der Waals surface area contributed by atoms with Gasteiger partial charge in [-0.2, -0.15) is 0 Å². The number of rotatable bonds is 3. The fourth-order valence-corrected chi connectivity index (χ4v) is 1.97. The minimum atomic E-state index is 0.0943. The van der Waals surface area contributed by atoms with Crippen LogP contribution in [0.15, 0.2) is 0 Å². The SMILES string of the molecule is CCNC(=O)N1CCCC1CN(C)C. The molecule has 1 heterocycles. The van der Waals surface area contributed by atoms with Crippen molar-refractivity contribution in [3.8, 4) is 0 Å². The highest BCUT2D eigenvalue weighted by molar-refractivity contribution is 5.74. The zero-order valence-electron chi connectivity index (χ0n) is 9.42. The summed E-state index contributed by atoms with van der Waals surface area (Å²) < 4.78 is 0. The maximum Gasteiger partial charge on any atom is 0.317 e. The van der Waals surface area contributed by atoms with Crippen molar-refractivity contribution in [2.24, 2.45) is 0 Å². The van der Waals surface area contributed by atoms with Gasteiger partial charge in [-0.25, -0.2) is 4.79 Å². The van der Waals surface area contributed by atoms with Crippen LogP contribution in [0.5, 0.6) is 0 Å². The first kappa shape index (κ1) is 11.3. The summed E-state index contributed by atoms with van der Waals surface area (Å²) in [6, 6.07) is 0.494. The van der Waals surface area contributed by atoms with E-state index >= 15 is 0 Å². The summed E-state index contributed by atoms with van der Waals surface area (Å²) >= 11 is 0. The summed E-state index contributed by atoms with van der Waals surface area (Å²) in [5, 5.41) is 2.86. The van der Waals surface area contributed by atoms with Gasteiger partial charge in [0.2, 0.25) is 0 Å². The maximum atomic E-state index is 11.6. The van der Waals surface area contributed by atoms with E-state index in [1.54, 1.807) is 0 Å². The van der Waals surface area contributed by atoms with Crippen molar-refractivity contribution in [3.05, 3.63) is 0 Å². The third-order valence-electron chi connectivity index (χ3n) is 2.54. The van der Waals surface area contributed by atoms with Gasteiger partial charge < -0.3 is 15.1 Å². The van der Waals surface area contributed by atoms with Crippen molar-refractivity contribution in [2.75, 3.05) is 33.7 Å². The van der Waals surface area contributed by atoms with Crippen LogP contribution in [-0.2, 0) is 0 Å². The average Bonchev–Trinajstić information content (AvgIpc) is 2.51. The molecule has 0 saturated carbocycles. The smallest absolute Gasteiger partial charge is 0.317 e. The van der Waals surface area contributed by atoms with E-state index in [2.05, 4.69) is 10.2 Å². The number of carbonyl (C=O) groups is 1. The van der Waals surface area contributed by atoms with Crippen LogP contribution in [0.2, 0.25) is 0 Å². The standard InChI is InChI=1S/C10H21N3O/c1-4-11-10(14)13-7-5-6-9(13)8-12(2)3/h9H,4-8H2,1-3H3,(H,11,14). The molecule has 0 aliphatic carbocycles. The number of likely N-dealkylation sites (tertiary alicyclic amines) is 1. The first-order valence-corrected chi connectivity index (χ1v) is 5.34. The molecular weight excluding hydrogens is 178 g/mol. The largest absolute Gasteiger partial charge is 0.338 e. The lowest BCUT2D eigenvalue weighted by Crippen LogP contribution is -2.46. The normalized spacial score (nSPS) is 21.7. The van der Waals surface area contributed by atoms with Gasteiger partial charge in [0.25, 0.3) is 0 Å². The summed E-state index contributed by atoms with van der Waals surface area (Å²) in [7, 11) is 4.10. The molecule has 14 heavy (non-hydrogen) atoms. The van der Waals surface area contributed by atoms with Crippen molar-refractivity contribution in [1.82, 2.24) is 15.1 Å². The molecule has 1 aliphatic rings. The lowest BCUT2D eigenvalue weighted by atomic mass is 10.2.